The van der Waals surface area contributed by atoms with Gasteiger partial charge in [-0.25, -0.2) is 4.98 Å². The second kappa shape index (κ2) is 6.78. The first-order valence-electron chi connectivity index (χ1n) is 8.72. The van der Waals surface area contributed by atoms with E-state index in [1.54, 1.807) is 11.3 Å². The highest BCUT2D eigenvalue weighted by Crippen LogP contribution is 2.24. The van der Waals surface area contributed by atoms with E-state index in [1.165, 1.54) is 12.8 Å². The van der Waals surface area contributed by atoms with Crippen LogP contribution in [0.1, 0.15) is 30.1 Å². The largest absolute Gasteiger partial charge is 0.378 e. The number of carbonyl (C=O) groups excluding carboxylic acids is 1. The van der Waals surface area contributed by atoms with Crippen LogP contribution < -0.4 is 0 Å². The van der Waals surface area contributed by atoms with Crippen molar-refractivity contribution in [2.45, 2.75) is 31.8 Å². The van der Waals surface area contributed by atoms with E-state index >= 15 is 0 Å². The standard InChI is InChI=1S/C18H23N3O2S/c1-2-3-14-10-23-11-15-9-20(6-7-21(14)15)18(22)13-4-5-17-16(8-13)19-12-24-17/h4-5,8,12,14-15H,2-3,6-7,9-11H2,1H3/t14-,15+/m0/s1. The molecule has 24 heavy (non-hydrogen) atoms. The van der Waals surface area contributed by atoms with Crippen LogP contribution in [0.4, 0.5) is 0 Å². The third-order valence-electron chi connectivity index (χ3n) is 5.10. The van der Waals surface area contributed by atoms with E-state index in [0.29, 0.717) is 12.1 Å². The molecule has 3 heterocycles. The summed E-state index contributed by atoms with van der Waals surface area (Å²) in [6.45, 7) is 6.29. The van der Waals surface area contributed by atoms with Crippen molar-refractivity contribution in [1.29, 1.82) is 0 Å². The fraction of sp³-hybridized carbons (Fsp3) is 0.556. The Morgan fingerprint density at radius 1 is 1.38 bits per heavy atom. The summed E-state index contributed by atoms with van der Waals surface area (Å²) in [4.78, 5) is 21.7. The number of hydrogen-bond acceptors (Lipinski definition) is 5. The first kappa shape index (κ1) is 16.0. The van der Waals surface area contributed by atoms with Crippen LogP contribution in [0.25, 0.3) is 10.2 Å². The topological polar surface area (TPSA) is 45.7 Å². The molecule has 128 valence electrons. The molecule has 2 fully saturated rings. The van der Waals surface area contributed by atoms with E-state index in [-0.39, 0.29) is 5.91 Å². The van der Waals surface area contributed by atoms with Gasteiger partial charge in [-0.2, -0.15) is 0 Å². The number of carbonyl (C=O) groups is 1. The van der Waals surface area contributed by atoms with Crippen molar-refractivity contribution in [3.8, 4) is 0 Å². The lowest BCUT2D eigenvalue weighted by Crippen LogP contribution is -2.62. The van der Waals surface area contributed by atoms with Crippen LogP contribution in [0.3, 0.4) is 0 Å². The predicted molar refractivity (Wildman–Crippen MR) is 95.5 cm³/mol. The molecule has 0 N–H and O–H groups in total. The summed E-state index contributed by atoms with van der Waals surface area (Å²) in [5.41, 5.74) is 3.47. The molecule has 5 nitrogen and oxygen atoms in total. The van der Waals surface area contributed by atoms with Gasteiger partial charge in [0.25, 0.3) is 5.91 Å². The van der Waals surface area contributed by atoms with E-state index in [0.717, 1.165) is 48.6 Å². The molecule has 0 saturated carbocycles. The molecule has 0 radical (unpaired) electrons. The van der Waals surface area contributed by atoms with E-state index in [1.807, 2.05) is 28.6 Å². The van der Waals surface area contributed by atoms with Gasteiger partial charge >= 0.3 is 0 Å². The number of benzene rings is 1. The third-order valence-corrected chi connectivity index (χ3v) is 5.91. The van der Waals surface area contributed by atoms with Crippen LogP contribution in [-0.2, 0) is 4.74 Å². The highest BCUT2D eigenvalue weighted by Gasteiger charge is 2.36. The lowest BCUT2D eigenvalue weighted by molar-refractivity contribution is -0.0776. The molecule has 2 aliphatic heterocycles. The fourth-order valence-electron chi connectivity index (χ4n) is 3.87. The van der Waals surface area contributed by atoms with E-state index in [9.17, 15) is 4.79 Å². The van der Waals surface area contributed by atoms with Crippen molar-refractivity contribution in [3.05, 3.63) is 29.3 Å². The first-order valence-corrected chi connectivity index (χ1v) is 9.60. The number of rotatable bonds is 3. The summed E-state index contributed by atoms with van der Waals surface area (Å²) in [5.74, 6) is 0.113. The lowest BCUT2D eigenvalue weighted by atomic mass is 10.0. The molecule has 2 atom stereocenters. The Morgan fingerprint density at radius 3 is 3.17 bits per heavy atom. The van der Waals surface area contributed by atoms with E-state index in [4.69, 9.17) is 4.74 Å². The van der Waals surface area contributed by atoms with E-state index in [2.05, 4.69) is 16.8 Å². The Labute approximate surface area is 146 Å². The summed E-state index contributed by atoms with van der Waals surface area (Å²) < 4.78 is 6.92. The average Bonchev–Trinajstić information content (AvgIpc) is 3.09. The molecule has 1 aromatic carbocycles. The zero-order valence-electron chi connectivity index (χ0n) is 14.0. The molecule has 1 aromatic heterocycles. The van der Waals surface area contributed by atoms with Crippen LogP contribution in [0.15, 0.2) is 23.7 Å². The Hall–Kier alpha value is -1.50. The van der Waals surface area contributed by atoms with Gasteiger partial charge < -0.3 is 9.64 Å². The first-order chi connectivity index (χ1) is 11.8. The SMILES string of the molecule is CCC[C@H]1COC[C@H]2CN(C(=O)c3ccc4scnc4c3)CCN12. The Balaban J connectivity index is 1.48. The predicted octanol–water partition coefficient (Wildman–Crippen LogP) is 2.62. The van der Waals surface area contributed by atoms with Gasteiger partial charge in [0.15, 0.2) is 0 Å². The second-order valence-electron chi connectivity index (χ2n) is 6.66. The number of nitrogens with zero attached hydrogens (tertiary/aromatic N) is 3. The summed E-state index contributed by atoms with van der Waals surface area (Å²) in [6, 6.07) is 6.68. The number of morpholine rings is 1. The van der Waals surface area contributed by atoms with Crippen molar-refractivity contribution < 1.29 is 9.53 Å². The molecule has 2 saturated heterocycles. The minimum absolute atomic E-state index is 0.113. The van der Waals surface area contributed by atoms with Crippen LogP contribution >= 0.6 is 11.3 Å². The molecule has 4 rings (SSSR count). The maximum Gasteiger partial charge on any atom is 0.254 e. The van der Waals surface area contributed by atoms with Crippen molar-refractivity contribution >= 4 is 27.5 Å². The third kappa shape index (κ3) is 2.94. The lowest BCUT2D eigenvalue weighted by Gasteiger charge is -2.48. The summed E-state index contributed by atoms with van der Waals surface area (Å²) in [5, 5.41) is 0. The van der Waals surface area contributed by atoms with Crippen LogP contribution in [-0.4, -0.2) is 65.6 Å². The number of ether oxygens (including phenoxy) is 1. The van der Waals surface area contributed by atoms with Gasteiger partial charge in [0.2, 0.25) is 0 Å². The van der Waals surface area contributed by atoms with Gasteiger partial charge in [0.05, 0.1) is 35.0 Å². The number of hydrogen-bond donors (Lipinski definition) is 0. The van der Waals surface area contributed by atoms with Crippen molar-refractivity contribution in [1.82, 2.24) is 14.8 Å². The Bertz CT molecular complexity index is 730. The monoisotopic (exact) mass is 345 g/mol. The average molecular weight is 345 g/mol. The number of amides is 1. The van der Waals surface area contributed by atoms with Gasteiger partial charge in [-0.1, -0.05) is 13.3 Å². The molecule has 1 amide bonds. The number of thiazole rings is 1. The molecule has 0 aliphatic carbocycles. The molecule has 6 heteroatoms. The van der Waals surface area contributed by atoms with Crippen LogP contribution in [0.5, 0.6) is 0 Å². The van der Waals surface area contributed by atoms with Crippen LogP contribution in [0.2, 0.25) is 0 Å². The number of piperazine rings is 1. The summed E-state index contributed by atoms with van der Waals surface area (Å²) in [7, 11) is 0. The highest BCUT2D eigenvalue weighted by atomic mass is 32.1. The van der Waals surface area contributed by atoms with Crippen molar-refractivity contribution in [2.24, 2.45) is 0 Å². The van der Waals surface area contributed by atoms with Gasteiger partial charge in [-0.3, -0.25) is 9.69 Å². The molecule has 2 aromatic rings. The Kier molecular flexibility index (Phi) is 4.52. The van der Waals surface area contributed by atoms with Crippen molar-refractivity contribution in [2.75, 3.05) is 32.8 Å². The molecule has 2 aliphatic rings. The zero-order valence-corrected chi connectivity index (χ0v) is 14.8. The maximum absolute atomic E-state index is 12.9. The minimum atomic E-state index is 0.113. The second-order valence-corrected chi connectivity index (χ2v) is 7.54. The van der Waals surface area contributed by atoms with Crippen molar-refractivity contribution in [3.63, 3.8) is 0 Å². The maximum atomic E-state index is 12.9. The normalized spacial score (nSPS) is 25.0. The fourth-order valence-corrected chi connectivity index (χ4v) is 4.53. The van der Waals surface area contributed by atoms with Gasteiger partial charge in [-0.15, -0.1) is 11.3 Å². The number of aromatic nitrogens is 1. The molecule has 0 bridgehead atoms. The quantitative estimate of drug-likeness (QED) is 0.858. The Morgan fingerprint density at radius 2 is 2.29 bits per heavy atom. The molecular weight excluding hydrogens is 322 g/mol. The van der Waals surface area contributed by atoms with E-state index < -0.39 is 0 Å². The van der Waals surface area contributed by atoms with Gasteiger partial charge in [0, 0.05) is 31.2 Å². The smallest absolute Gasteiger partial charge is 0.254 e. The highest BCUT2D eigenvalue weighted by molar-refractivity contribution is 7.16. The van der Waals surface area contributed by atoms with Gasteiger partial charge in [-0.05, 0) is 24.6 Å². The number of fused-ring (bicyclic) bond motifs is 2. The molecule has 0 unspecified atom stereocenters. The zero-order chi connectivity index (χ0) is 16.5. The molecule has 0 spiro atoms. The minimum Gasteiger partial charge on any atom is -0.378 e. The summed E-state index contributed by atoms with van der Waals surface area (Å²) >= 11 is 1.60. The van der Waals surface area contributed by atoms with Gasteiger partial charge in [0.1, 0.15) is 0 Å². The summed E-state index contributed by atoms with van der Waals surface area (Å²) in [6.07, 6.45) is 2.35. The van der Waals surface area contributed by atoms with Crippen LogP contribution in [0, 0.1) is 0 Å². The molecular formula is C18H23N3O2S.